The van der Waals surface area contributed by atoms with Crippen LogP contribution in [0.1, 0.15) is 17.3 Å². The van der Waals surface area contributed by atoms with Crippen LogP contribution in [0.15, 0.2) is 33.4 Å². The highest BCUT2D eigenvalue weighted by Crippen LogP contribution is 2.19. The molecule has 4 aromatic rings. The Labute approximate surface area is 145 Å². The van der Waals surface area contributed by atoms with Crippen molar-refractivity contribution in [1.29, 1.82) is 0 Å². The molecule has 24 heavy (non-hydrogen) atoms. The largest absolute Gasteiger partial charge is 0.419 e. The third-order valence-corrected chi connectivity index (χ3v) is 4.02. The zero-order valence-electron chi connectivity index (χ0n) is 13.1. The average molecular weight is 388 g/mol. The maximum Gasteiger partial charge on any atom is 0.268 e. The number of nitrogens with zero attached hydrogens (tertiary/aromatic N) is 7. The Morgan fingerprint density at radius 1 is 1.17 bits per heavy atom. The minimum Gasteiger partial charge on any atom is -0.419 e. The van der Waals surface area contributed by atoms with Gasteiger partial charge in [0.15, 0.2) is 11.3 Å². The molecule has 9 heteroatoms. The van der Waals surface area contributed by atoms with Gasteiger partial charge in [0.1, 0.15) is 0 Å². The lowest BCUT2D eigenvalue weighted by Gasteiger charge is -2.00. The zero-order valence-corrected chi connectivity index (χ0v) is 14.7. The number of rotatable bonds is 4. The molecule has 0 unspecified atom stereocenters. The van der Waals surface area contributed by atoms with Gasteiger partial charge in [-0.2, -0.15) is 10.2 Å². The van der Waals surface area contributed by atoms with Crippen LogP contribution in [0.25, 0.3) is 17.2 Å². The number of aryl methyl sites for hydroxylation is 4. The summed E-state index contributed by atoms with van der Waals surface area (Å²) in [6.45, 7) is 4.70. The Hall–Kier alpha value is -2.55. The van der Waals surface area contributed by atoms with Crippen LogP contribution in [0.2, 0.25) is 0 Å². The quantitative estimate of drug-likeness (QED) is 0.534. The molecule has 0 fully saturated rings. The van der Waals surface area contributed by atoms with Gasteiger partial charge < -0.3 is 4.42 Å². The van der Waals surface area contributed by atoms with E-state index >= 15 is 0 Å². The van der Waals surface area contributed by atoms with E-state index in [9.17, 15) is 0 Å². The number of halogens is 1. The predicted octanol–water partition coefficient (Wildman–Crippen LogP) is 2.60. The average Bonchev–Trinajstić information content (AvgIpc) is 3.23. The molecule has 4 aromatic heterocycles. The van der Waals surface area contributed by atoms with Gasteiger partial charge in [-0.05, 0) is 35.8 Å². The van der Waals surface area contributed by atoms with Crippen molar-refractivity contribution in [3.05, 3.63) is 46.3 Å². The van der Waals surface area contributed by atoms with E-state index in [1.54, 1.807) is 10.7 Å². The molecular weight excluding hydrogens is 374 g/mol. The van der Waals surface area contributed by atoms with Crippen LogP contribution < -0.4 is 0 Å². The summed E-state index contributed by atoms with van der Waals surface area (Å²) >= 11 is 3.37. The van der Waals surface area contributed by atoms with E-state index in [4.69, 9.17) is 4.42 Å². The van der Waals surface area contributed by atoms with E-state index in [1.165, 1.54) is 0 Å². The second-order valence-electron chi connectivity index (χ2n) is 5.51. The molecule has 0 atom stereocenters. The molecule has 0 bridgehead atoms. The molecule has 0 aliphatic carbocycles. The van der Waals surface area contributed by atoms with Gasteiger partial charge in [-0.3, -0.25) is 4.68 Å². The first-order chi connectivity index (χ1) is 11.6. The van der Waals surface area contributed by atoms with Gasteiger partial charge in [0.25, 0.3) is 5.89 Å². The SMILES string of the molecule is Cc1cc(C)n(CCc2nnc(-c3cc4ncc(Br)cn4n3)o2)n1. The van der Waals surface area contributed by atoms with Crippen LogP contribution in [0.5, 0.6) is 0 Å². The fraction of sp³-hybridized carbons (Fsp3) is 0.267. The summed E-state index contributed by atoms with van der Waals surface area (Å²) < 4.78 is 10.2. The van der Waals surface area contributed by atoms with E-state index < -0.39 is 0 Å². The fourth-order valence-electron chi connectivity index (χ4n) is 2.52. The second-order valence-corrected chi connectivity index (χ2v) is 6.42. The van der Waals surface area contributed by atoms with Crippen molar-refractivity contribution in [3.63, 3.8) is 0 Å². The van der Waals surface area contributed by atoms with Gasteiger partial charge in [0.05, 0.1) is 10.2 Å². The van der Waals surface area contributed by atoms with Crippen molar-refractivity contribution in [2.75, 3.05) is 0 Å². The van der Waals surface area contributed by atoms with Gasteiger partial charge in [0, 0.05) is 37.1 Å². The smallest absolute Gasteiger partial charge is 0.268 e. The molecular formula is C15H14BrN7O. The minimum atomic E-state index is 0.389. The van der Waals surface area contributed by atoms with Crippen LogP contribution in [0.4, 0.5) is 0 Å². The molecule has 8 nitrogen and oxygen atoms in total. The molecule has 122 valence electrons. The van der Waals surface area contributed by atoms with Gasteiger partial charge in [-0.15, -0.1) is 10.2 Å². The Kier molecular flexibility index (Phi) is 3.64. The zero-order chi connectivity index (χ0) is 16.7. The molecule has 0 saturated carbocycles. The first kappa shape index (κ1) is 15.0. The van der Waals surface area contributed by atoms with Crippen molar-refractivity contribution in [1.82, 2.24) is 34.6 Å². The third-order valence-electron chi connectivity index (χ3n) is 3.61. The second kappa shape index (κ2) is 5.82. The molecule has 4 heterocycles. The fourth-order valence-corrected chi connectivity index (χ4v) is 2.82. The van der Waals surface area contributed by atoms with Crippen molar-refractivity contribution in [2.24, 2.45) is 0 Å². The predicted molar refractivity (Wildman–Crippen MR) is 89.4 cm³/mol. The summed E-state index contributed by atoms with van der Waals surface area (Å²) in [5.41, 5.74) is 3.44. The van der Waals surface area contributed by atoms with Gasteiger partial charge in [0.2, 0.25) is 5.89 Å². The Morgan fingerprint density at radius 3 is 2.83 bits per heavy atom. The number of fused-ring (bicyclic) bond motifs is 1. The van der Waals surface area contributed by atoms with Gasteiger partial charge in [-0.1, -0.05) is 0 Å². The molecule has 0 N–H and O–H groups in total. The molecule has 4 rings (SSSR count). The Balaban J connectivity index is 1.54. The van der Waals surface area contributed by atoms with Gasteiger partial charge >= 0.3 is 0 Å². The van der Waals surface area contributed by atoms with Crippen LogP contribution in [0, 0.1) is 13.8 Å². The number of hydrogen-bond donors (Lipinski definition) is 0. The molecule has 0 amide bonds. The monoisotopic (exact) mass is 387 g/mol. The lowest BCUT2D eigenvalue weighted by atomic mass is 10.4. The van der Waals surface area contributed by atoms with Gasteiger partial charge in [-0.25, -0.2) is 9.50 Å². The maximum atomic E-state index is 5.72. The molecule has 0 aromatic carbocycles. The Morgan fingerprint density at radius 2 is 2.04 bits per heavy atom. The van der Waals surface area contributed by atoms with Crippen molar-refractivity contribution in [2.45, 2.75) is 26.8 Å². The highest BCUT2D eigenvalue weighted by atomic mass is 79.9. The number of aromatic nitrogens is 7. The van der Waals surface area contributed by atoms with Crippen LogP contribution >= 0.6 is 15.9 Å². The Bertz CT molecular complexity index is 1020. The van der Waals surface area contributed by atoms with Crippen molar-refractivity contribution in [3.8, 4) is 11.6 Å². The summed E-state index contributed by atoms with van der Waals surface area (Å²) in [7, 11) is 0. The normalized spacial score (nSPS) is 11.5. The number of hydrogen-bond acceptors (Lipinski definition) is 6. The summed E-state index contributed by atoms with van der Waals surface area (Å²) in [5.74, 6) is 0.948. The van der Waals surface area contributed by atoms with E-state index in [0.29, 0.717) is 30.4 Å². The summed E-state index contributed by atoms with van der Waals surface area (Å²) in [4.78, 5) is 4.27. The van der Waals surface area contributed by atoms with E-state index in [-0.39, 0.29) is 0 Å². The summed E-state index contributed by atoms with van der Waals surface area (Å²) in [6, 6.07) is 3.85. The highest BCUT2D eigenvalue weighted by molar-refractivity contribution is 9.10. The van der Waals surface area contributed by atoms with Crippen molar-refractivity contribution >= 4 is 21.6 Å². The summed E-state index contributed by atoms with van der Waals surface area (Å²) in [5, 5.41) is 17.0. The summed E-state index contributed by atoms with van der Waals surface area (Å²) in [6.07, 6.45) is 4.16. The van der Waals surface area contributed by atoms with Crippen LogP contribution in [-0.2, 0) is 13.0 Å². The van der Waals surface area contributed by atoms with E-state index in [2.05, 4.69) is 41.3 Å². The lowest BCUT2D eigenvalue weighted by molar-refractivity contribution is 0.470. The molecule has 0 saturated heterocycles. The lowest BCUT2D eigenvalue weighted by Crippen LogP contribution is -2.05. The molecule has 0 radical (unpaired) electrons. The highest BCUT2D eigenvalue weighted by Gasteiger charge is 2.13. The third kappa shape index (κ3) is 2.82. The maximum absolute atomic E-state index is 5.72. The molecule has 0 aliphatic heterocycles. The molecule has 0 spiro atoms. The first-order valence-corrected chi connectivity index (χ1v) is 8.22. The van der Waals surface area contributed by atoms with E-state index in [0.717, 1.165) is 21.5 Å². The standard InChI is InChI=1S/C15H14BrN7O/c1-9-5-10(2)22(20-9)4-3-14-18-19-15(24-14)12-6-13-17-7-11(16)8-23(13)21-12/h5-8H,3-4H2,1-2H3. The first-order valence-electron chi connectivity index (χ1n) is 7.43. The van der Waals surface area contributed by atoms with Crippen LogP contribution in [-0.4, -0.2) is 34.6 Å². The van der Waals surface area contributed by atoms with Crippen molar-refractivity contribution < 1.29 is 4.42 Å². The topological polar surface area (TPSA) is 86.9 Å². The van der Waals surface area contributed by atoms with E-state index in [1.807, 2.05) is 36.9 Å². The van der Waals surface area contributed by atoms with Crippen LogP contribution in [0.3, 0.4) is 0 Å². The minimum absolute atomic E-state index is 0.389. The molecule has 0 aliphatic rings.